The van der Waals surface area contributed by atoms with Gasteiger partial charge in [0.1, 0.15) is 5.82 Å². The molecule has 1 aromatic heterocycles. The molecule has 0 bridgehead atoms. The lowest BCUT2D eigenvalue weighted by atomic mass is 9.96. The van der Waals surface area contributed by atoms with Gasteiger partial charge in [-0.25, -0.2) is 4.98 Å². The normalized spacial score (nSPS) is 16.3. The summed E-state index contributed by atoms with van der Waals surface area (Å²) in [7, 11) is 1.73. The van der Waals surface area contributed by atoms with E-state index in [0.29, 0.717) is 29.7 Å². The summed E-state index contributed by atoms with van der Waals surface area (Å²) in [6, 6.07) is 15.3. The molecule has 26 heavy (non-hydrogen) atoms. The molecular weight excluding hydrogens is 326 g/mol. The third-order valence-corrected chi connectivity index (χ3v) is 5.08. The molecule has 132 valence electrons. The van der Waals surface area contributed by atoms with Crippen molar-refractivity contribution < 1.29 is 4.79 Å². The van der Waals surface area contributed by atoms with Gasteiger partial charge in [0, 0.05) is 25.7 Å². The topological polar surface area (TPSA) is 55.2 Å². The maximum atomic E-state index is 13.0. The highest BCUT2D eigenvalue weighted by atomic mass is 16.2. The van der Waals surface area contributed by atoms with Gasteiger partial charge >= 0.3 is 0 Å². The molecule has 5 heteroatoms. The Morgan fingerprint density at radius 3 is 2.58 bits per heavy atom. The van der Waals surface area contributed by atoms with E-state index in [4.69, 9.17) is 0 Å². The first-order chi connectivity index (χ1) is 12.6. The zero-order chi connectivity index (χ0) is 18.3. The van der Waals surface area contributed by atoms with Crippen molar-refractivity contribution in [2.75, 3.05) is 11.4 Å². The SMILES string of the molecule is CCCN1C(=O)[C@H](Cc2nc3ccccc3c(=O)n2C)c2ccccc21. The predicted octanol–water partition coefficient (Wildman–Crippen LogP) is 3.02. The molecule has 0 fully saturated rings. The van der Waals surface area contributed by atoms with Gasteiger partial charge in [0.2, 0.25) is 5.91 Å². The number of carbonyl (C=O) groups excluding carboxylic acids is 1. The first-order valence-electron chi connectivity index (χ1n) is 8.96. The molecule has 2 aromatic carbocycles. The van der Waals surface area contributed by atoms with Crippen molar-refractivity contribution in [3.8, 4) is 0 Å². The van der Waals surface area contributed by atoms with Gasteiger partial charge in [0.05, 0.1) is 16.8 Å². The number of amides is 1. The minimum absolute atomic E-state index is 0.0743. The summed E-state index contributed by atoms with van der Waals surface area (Å²) in [5, 5.41) is 0.601. The standard InChI is InChI=1S/C21H21N3O2/c1-3-12-24-18-11-7-5-8-14(18)16(21(24)26)13-19-22-17-10-6-4-9-15(17)20(25)23(19)2/h4-11,16H,3,12-13H2,1-2H3/t16-/m1/s1. The Bertz CT molecular complexity index is 1050. The number of rotatable bonds is 4. The van der Waals surface area contributed by atoms with Crippen molar-refractivity contribution in [1.29, 1.82) is 0 Å². The number of fused-ring (bicyclic) bond motifs is 2. The summed E-state index contributed by atoms with van der Waals surface area (Å²) < 4.78 is 1.57. The van der Waals surface area contributed by atoms with Crippen molar-refractivity contribution in [3.63, 3.8) is 0 Å². The van der Waals surface area contributed by atoms with Gasteiger partial charge in [-0.1, -0.05) is 37.3 Å². The molecule has 0 saturated heterocycles. The summed E-state index contributed by atoms with van der Waals surface area (Å²) >= 11 is 0. The van der Waals surface area contributed by atoms with Crippen LogP contribution < -0.4 is 10.5 Å². The molecule has 2 heterocycles. The Hall–Kier alpha value is -2.95. The summed E-state index contributed by atoms with van der Waals surface area (Å²) in [5.74, 6) is 0.438. The van der Waals surface area contributed by atoms with Crippen LogP contribution in [-0.2, 0) is 18.3 Å². The van der Waals surface area contributed by atoms with Crippen LogP contribution >= 0.6 is 0 Å². The fraction of sp³-hybridized carbons (Fsp3) is 0.286. The number of aromatic nitrogens is 2. The van der Waals surface area contributed by atoms with Crippen molar-refractivity contribution in [1.82, 2.24) is 9.55 Å². The lowest BCUT2D eigenvalue weighted by Gasteiger charge is -2.17. The maximum Gasteiger partial charge on any atom is 0.261 e. The van der Waals surface area contributed by atoms with E-state index in [-0.39, 0.29) is 17.4 Å². The highest BCUT2D eigenvalue weighted by Crippen LogP contribution is 2.38. The minimum Gasteiger partial charge on any atom is -0.312 e. The summed E-state index contributed by atoms with van der Waals surface area (Å²) in [6.45, 7) is 2.77. The number of carbonyl (C=O) groups is 1. The van der Waals surface area contributed by atoms with Crippen LogP contribution in [0.15, 0.2) is 53.3 Å². The first kappa shape index (κ1) is 16.5. The van der Waals surface area contributed by atoms with Gasteiger partial charge in [0.15, 0.2) is 0 Å². The van der Waals surface area contributed by atoms with Crippen LogP contribution in [-0.4, -0.2) is 22.0 Å². The van der Waals surface area contributed by atoms with Crippen LogP contribution in [0.3, 0.4) is 0 Å². The van der Waals surface area contributed by atoms with E-state index < -0.39 is 0 Å². The van der Waals surface area contributed by atoms with Gasteiger partial charge in [-0.05, 0) is 30.2 Å². The largest absolute Gasteiger partial charge is 0.312 e. The number of anilines is 1. The average Bonchev–Trinajstić information content (AvgIpc) is 2.92. The van der Waals surface area contributed by atoms with E-state index in [2.05, 4.69) is 11.9 Å². The molecule has 0 unspecified atom stereocenters. The fourth-order valence-corrected chi connectivity index (χ4v) is 3.75. The molecule has 0 saturated carbocycles. The molecule has 0 spiro atoms. The molecule has 4 rings (SSSR count). The van der Waals surface area contributed by atoms with Crippen LogP contribution in [0.1, 0.15) is 30.7 Å². The van der Waals surface area contributed by atoms with Crippen molar-refractivity contribution >= 4 is 22.5 Å². The second-order valence-corrected chi connectivity index (χ2v) is 6.71. The van der Waals surface area contributed by atoms with Crippen LogP contribution in [0.5, 0.6) is 0 Å². The Labute approximate surface area is 151 Å². The van der Waals surface area contributed by atoms with Crippen molar-refractivity contribution in [2.45, 2.75) is 25.7 Å². The van der Waals surface area contributed by atoms with Crippen LogP contribution in [0.2, 0.25) is 0 Å². The Morgan fingerprint density at radius 2 is 1.77 bits per heavy atom. The van der Waals surface area contributed by atoms with Crippen LogP contribution in [0, 0.1) is 0 Å². The lowest BCUT2D eigenvalue weighted by molar-refractivity contribution is -0.119. The Morgan fingerprint density at radius 1 is 1.04 bits per heavy atom. The lowest BCUT2D eigenvalue weighted by Crippen LogP contribution is -2.31. The quantitative estimate of drug-likeness (QED) is 0.729. The molecule has 1 aliphatic rings. The van der Waals surface area contributed by atoms with Crippen LogP contribution in [0.25, 0.3) is 10.9 Å². The van der Waals surface area contributed by atoms with Crippen molar-refractivity contribution in [3.05, 3.63) is 70.3 Å². The highest BCUT2D eigenvalue weighted by molar-refractivity contribution is 6.05. The molecule has 0 radical (unpaired) electrons. The second kappa shape index (κ2) is 6.41. The van der Waals surface area contributed by atoms with E-state index in [1.807, 2.05) is 47.4 Å². The van der Waals surface area contributed by atoms with E-state index in [9.17, 15) is 9.59 Å². The summed E-state index contributed by atoms with van der Waals surface area (Å²) in [6.07, 6.45) is 1.33. The van der Waals surface area contributed by atoms with Crippen LogP contribution in [0.4, 0.5) is 5.69 Å². The van der Waals surface area contributed by atoms with E-state index in [1.165, 1.54) is 0 Å². The van der Waals surface area contributed by atoms with E-state index >= 15 is 0 Å². The smallest absolute Gasteiger partial charge is 0.261 e. The molecule has 1 amide bonds. The van der Waals surface area contributed by atoms with E-state index in [1.54, 1.807) is 17.7 Å². The average molecular weight is 347 g/mol. The summed E-state index contributed by atoms with van der Waals surface area (Å²) in [4.78, 5) is 32.2. The molecule has 0 N–H and O–H groups in total. The zero-order valence-corrected chi connectivity index (χ0v) is 15.0. The number of nitrogens with zero attached hydrogens (tertiary/aromatic N) is 3. The number of hydrogen-bond acceptors (Lipinski definition) is 3. The highest BCUT2D eigenvalue weighted by Gasteiger charge is 2.37. The molecule has 3 aromatic rings. The second-order valence-electron chi connectivity index (χ2n) is 6.71. The molecular formula is C21H21N3O2. The number of para-hydroxylation sites is 2. The molecule has 1 atom stereocenters. The monoisotopic (exact) mass is 347 g/mol. The number of hydrogen-bond donors (Lipinski definition) is 0. The summed E-state index contributed by atoms with van der Waals surface area (Å²) in [5.41, 5.74) is 2.60. The van der Waals surface area contributed by atoms with Gasteiger partial charge in [-0.15, -0.1) is 0 Å². The van der Waals surface area contributed by atoms with E-state index in [0.717, 1.165) is 17.7 Å². The fourth-order valence-electron chi connectivity index (χ4n) is 3.75. The minimum atomic E-state index is -0.294. The van der Waals surface area contributed by atoms with Gasteiger partial charge < -0.3 is 4.90 Å². The van der Waals surface area contributed by atoms with Crippen molar-refractivity contribution in [2.24, 2.45) is 7.05 Å². The third-order valence-electron chi connectivity index (χ3n) is 5.08. The third kappa shape index (κ3) is 2.51. The van der Waals surface area contributed by atoms with Gasteiger partial charge in [0.25, 0.3) is 5.56 Å². The van der Waals surface area contributed by atoms with Gasteiger partial charge in [-0.2, -0.15) is 0 Å². The maximum absolute atomic E-state index is 13.0. The predicted molar refractivity (Wildman–Crippen MR) is 103 cm³/mol. The Balaban J connectivity index is 1.78. The molecule has 0 aliphatic carbocycles. The molecule has 1 aliphatic heterocycles. The van der Waals surface area contributed by atoms with Gasteiger partial charge in [-0.3, -0.25) is 14.2 Å². The zero-order valence-electron chi connectivity index (χ0n) is 15.0. The molecule has 5 nitrogen and oxygen atoms in total. The first-order valence-corrected chi connectivity index (χ1v) is 8.96. The Kier molecular flexibility index (Phi) is 4.07. The number of benzene rings is 2.